The standard InChI is InChI=1S/C20H22N4O4/c25-15-5-4-14(17(26)22-15)24-18(27)12-2-1-3-13(16(12)19(24)28)23-8-6-20(7-9-23)10-21-11-20/h1-3,14,21H,4-11H2,(H,22,25,26). The largest absolute Gasteiger partial charge is 0.371 e. The summed E-state index contributed by atoms with van der Waals surface area (Å²) in [6, 6.07) is 4.40. The smallest absolute Gasteiger partial charge is 0.264 e. The van der Waals surface area contributed by atoms with Crippen molar-refractivity contribution in [3.05, 3.63) is 29.3 Å². The van der Waals surface area contributed by atoms with E-state index in [4.69, 9.17) is 0 Å². The molecule has 4 amide bonds. The zero-order valence-corrected chi connectivity index (χ0v) is 15.5. The SMILES string of the molecule is O=C1CCC(N2C(=O)c3cccc(N4CCC5(CC4)CNC5)c3C2=O)C(=O)N1. The number of piperidine rings is 2. The van der Waals surface area contributed by atoms with Crippen LogP contribution in [0.25, 0.3) is 0 Å². The quantitative estimate of drug-likeness (QED) is 0.713. The van der Waals surface area contributed by atoms with Gasteiger partial charge in [-0.2, -0.15) is 0 Å². The first-order valence-corrected chi connectivity index (χ1v) is 9.79. The van der Waals surface area contributed by atoms with Crippen LogP contribution in [-0.2, 0) is 9.59 Å². The van der Waals surface area contributed by atoms with Crippen molar-refractivity contribution in [1.29, 1.82) is 0 Å². The van der Waals surface area contributed by atoms with Crippen LogP contribution in [0, 0.1) is 5.41 Å². The van der Waals surface area contributed by atoms with Gasteiger partial charge in [0.25, 0.3) is 11.8 Å². The van der Waals surface area contributed by atoms with Crippen molar-refractivity contribution in [3.8, 4) is 0 Å². The predicted molar refractivity (Wildman–Crippen MR) is 99.9 cm³/mol. The second-order valence-corrected chi connectivity index (χ2v) is 8.24. The molecule has 4 heterocycles. The van der Waals surface area contributed by atoms with E-state index in [2.05, 4.69) is 15.5 Å². The van der Waals surface area contributed by atoms with Crippen molar-refractivity contribution < 1.29 is 19.2 Å². The van der Waals surface area contributed by atoms with E-state index >= 15 is 0 Å². The van der Waals surface area contributed by atoms with E-state index in [1.165, 1.54) is 0 Å². The summed E-state index contributed by atoms with van der Waals surface area (Å²) in [5.74, 6) is -1.83. The molecule has 4 aliphatic rings. The third-order valence-corrected chi connectivity index (χ3v) is 6.61. The summed E-state index contributed by atoms with van der Waals surface area (Å²) in [4.78, 5) is 53.0. The number of benzene rings is 1. The van der Waals surface area contributed by atoms with Gasteiger partial charge in [0, 0.05) is 32.6 Å². The highest BCUT2D eigenvalue weighted by molar-refractivity contribution is 6.25. The van der Waals surface area contributed by atoms with Crippen LogP contribution in [0.1, 0.15) is 46.4 Å². The van der Waals surface area contributed by atoms with E-state index in [1.807, 2.05) is 6.07 Å². The molecule has 1 aromatic rings. The fourth-order valence-electron chi connectivity index (χ4n) is 4.81. The Labute approximate surface area is 162 Å². The molecule has 2 N–H and O–H groups in total. The number of carbonyl (C=O) groups excluding carboxylic acids is 4. The van der Waals surface area contributed by atoms with Crippen LogP contribution in [0.5, 0.6) is 0 Å². The molecule has 1 atom stereocenters. The van der Waals surface area contributed by atoms with Gasteiger partial charge in [0.1, 0.15) is 6.04 Å². The fraction of sp³-hybridized carbons (Fsp3) is 0.500. The Balaban J connectivity index is 1.44. The summed E-state index contributed by atoms with van der Waals surface area (Å²) in [6.07, 6.45) is 2.41. The summed E-state index contributed by atoms with van der Waals surface area (Å²) >= 11 is 0. The summed E-state index contributed by atoms with van der Waals surface area (Å²) in [5, 5.41) is 5.58. The Bertz CT molecular complexity index is 897. The molecule has 3 fully saturated rings. The van der Waals surface area contributed by atoms with Gasteiger partial charge in [-0.25, -0.2) is 0 Å². The van der Waals surface area contributed by atoms with Gasteiger partial charge in [0.2, 0.25) is 11.8 Å². The Morgan fingerprint density at radius 3 is 2.39 bits per heavy atom. The van der Waals surface area contributed by atoms with Crippen LogP contribution in [0.4, 0.5) is 5.69 Å². The number of anilines is 1. The number of imide groups is 2. The molecule has 3 saturated heterocycles. The van der Waals surface area contributed by atoms with E-state index in [0.29, 0.717) is 16.5 Å². The van der Waals surface area contributed by atoms with E-state index in [9.17, 15) is 19.2 Å². The van der Waals surface area contributed by atoms with Crippen molar-refractivity contribution >= 4 is 29.3 Å². The number of hydrogen-bond donors (Lipinski definition) is 2. The van der Waals surface area contributed by atoms with Crippen LogP contribution < -0.4 is 15.5 Å². The number of fused-ring (bicyclic) bond motifs is 1. The molecule has 8 nitrogen and oxygen atoms in total. The minimum atomic E-state index is -0.927. The van der Waals surface area contributed by atoms with Gasteiger partial charge < -0.3 is 10.2 Å². The number of carbonyl (C=O) groups is 4. The molecule has 0 saturated carbocycles. The second-order valence-electron chi connectivity index (χ2n) is 8.24. The van der Waals surface area contributed by atoms with E-state index in [0.717, 1.165) is 49.6 Å². The molecular weight excluding hydrogens is 360 g/mol. The molecule has 0 aliphatic carbocycles. The van der Waals surface area contributed by atoms with Crippen molar-refractivity contribution in [2.45, 2.75) is 31.7 Å². The second kappa shape index (κ2) is 6.13. The summed E-state index contributed by atoms with van der Waals surface area (Å²) in [5.41, 5.74) is 1.89. The lowest BCUT2D eigenvalue weighted by Crippen LogP contribution is -2.58. The zero-order valence-electron chi connectivity index (χ0n) is 15.5. The Morgan fingerprint density at radius 2 is 1.75 bits per heavy atom. The molecule has 4 aliphatic heterocycles. The summed E-state index contributed by atoms with van der Waals surface area (Å²) in [6.45, 7) is 3.79. The average molecular weight is 382 g/mol. The van der Waals surface area contributed by atoms with Crippen LogP contribution in [0.3, 0.4) is 0 Å². The maximum atomic E-state index is 13.2. The predicted octanol–water partition coefficient (Wildman–Crippen LogP) is 0.278. The molecule has 1 unspecified atom stereocenters. The topological polar surface area (TPSA) is 98.8 Å². The first-order valence-electron chi connectivity index (χ1n) is 9.79. The van der Waals surface area contributed by atoms with Gasteiger partial charge >= 0.3 is 0 Å². The lowest BCUT2D eigenvalue weighted by Gasteiger charge is -2.49. The average Bonchev–Trinajstić information content (AvgIpc) is 2.92. The highest BCUT2D eigenvalue weighted by atomic mass is 16.2. The third kappa shape index (κ3) is 2.47. The molecule has 0 bridgehead atoms. The maximum absolute atomic E-state index is 13.2. The van der Waals surface area contributed by atoms with Gasteiger partial charge in [-0.05, 0) is 36.8 Å². The van der Waals surface area contributed by atoms with E-state index in [1.54, 1.807) is 12.1 Å². The number of rotatable bonds is 2. The molecule has 5 rings (SSSR count). The van der Waals surface area contributed by atoms with Crippen molar-refractivity contribution in [3.63, 3.8) is 0 Å². The lowest BCUT2D eigenvalue weighted by molar-refractivity contribution is -0.136. The Kier molecular flexibility index (Phi) is 3.80. The monoisotopic (exact) mass is 382 g/mol. The van der Waals surface area contributed by atoms with Gasteiger partial charge in [-0.15, -0.1) is 0 Å². The number of amides is 4. The molecular formula is C20H22N4O4. The molecule has 1 spiro atoms. The molecule has 146 valence electrons. The zero-order chi connectivity index (χ0) is 19.5. The lowest BCUT2D eigenvalue weighted by atomic mass is 9.73. The normalized spacial score (nSPS) is 26.4. The number of hydrogen-bond acceptors (Lipinski definition) is 6. The molecule has 0 aromatic heterocycles. The van der Waals surface area contributed by atoms with Gasteiger partial charge in [0.05, 0.1) is 16.8 Å². The molecule has 8 heteroatoms. The van der Waals surface area contributed by atoms with Crippen molar-refractivity contribution in [2.75, 3.05) is 31.1 Å². The Hall–Kier alpha value is -2.74. The third-order valence-electron chi connectivity index (χ3n) is 6.61. The highest BCUT2D eigenvalue weighted by Gasteiger charge is 2.47. The van der Waals surface area contributed by atoms with Gasteiger partial charge in [-0.1, -0.05) is 6.07 Å². The summed E-state index contributed by atoms with van der Waals surface area (Å²) < 4.78 is 0. The number of nitrogens with zero attached hydrogens (tertiary/aromatic N) is 2. The van der Waals surface area contributed by atoms with E-state index in [-0.39, 0.29) is 18.7 Å². The first-order chi connectivity index (χ1) is 13.5. The molecule has 0 radical (unpaired) electrons. The molecule has 1 aromatic carbocycles. The van der Waals surface area contributed by atoms with E-state index < -0.39 is 23.8 Å². The van der Waals surface area contributed by atoms with Crippen molar-refractivity contribution in [2.24, 2.45) is 5.41 Å². The minimum absolute atomic E-state index is 0.124. The van der Waals surface area contributed by atoms with Crippen LogP contribution >= 0.6 is 0 Å². The number of nitrogens with one attached hydrogen (secondary N) is 2. The van der Waals surface area contributed by atoms with Crippen LogP contribution in [0.2, 0.25) is 0 Å². The minimum Gasteiger partial charge on any atom is -0.371 e. The summed E-state index contributed by atoms with van der Waals surface area (Å²) in [7, 11) is 0. The maximum Gasteiger partial charge on any atom is 0.264 e. The first kappa shape index (κ1) is 17.4. The van der Waals surface area contributed by atoms with Crippen molar-refractivity contribution in [1.82, 2.24) is 15.5 Å². The van der Waals surface area contributed by atoms with Crippen LogP contribution in [0.15, 0.2) is 18.2 Å². The van der Waals surface area contributed by atoms with Gasteiger partial charge in [0.15, 0.2) is 0 Å². The van der Waals surface area contributed by atoms with Crippen LogP contribution in [-0.4, -0.2) is 60.7 Å². The fourth-order valence-corrected chi connectivity index (χ4v) is 4.81. The highest BCUT2D eigenvalue weighted by Crippen LogP contribution is 2.39. The Morgan fingerprint density at radius 1 is 1.00 bits per heavy atom. The molecule has 28 heavy (non-hydrogen) atoms. The van der Waals surface area contributed by atoms with Gasteiger partial charge in [-0.3, -0.25) is 29.4 Å².